The summed E-state index contributed by atoms with van der Waals surface area (Å²) in [6, 6.07) is 0. The van der Waals surface area contributed by atoms with E-state index in [1.165, 1.54) is 0 Å². The fraction of sp³-hybridized carbons (Fsp3) is 0.889. The van der Waals surface area contributed by atoms with Crippen LogP contribution in [0.4, 0.5) is 0 Å². The van der Waals surface area contributed by atoms with Crippen LogP contribution in [-0.2, 0) is 14.3 Å². The molecule has 0 saturated carbocycles. The van der Waals surface area contributed by atoms with Crippen molar-refractivity contribution in [3.8, 4) is 0 Å². The van der Waals surface area contributed by atoms with E-state index in [-0.39, 0.29) is 0 Å². The molecule has 0 bridgehead atoms. The summed E-state index contributed by atoms with van der Waals surface area (Å²) in [5.74, 6) is -1.63. The molecule has 4 nitrogen and oxygen atoms in total. The van der Waals surface area contributed by atoms with E-state index in [0.29, 0.717) is 19.6 Å². The molecule has 13 heavy (non-hydrogen) atoms. The lowest BCUT2D eigenvalue weighted by Gasteiger charge is -2.33. The molecule has 1 atom stereocenters. The van der Waals surface area contributed by atoms with Crippen molar-refractivity contribution in [1.29, 1.82) is 0 Å². The zero-order chi connectivity index (χ0) is 9.73. The van der Waals surface area contributed by atoms with Gasteiger partial charge in [-0.05, 0) is 19.3 Å². The van der Waals surface area contributed by atoms with Gasteiger partial charge in [0.15, 0.2) is 0 Å². The molecule has 2 N–H and O–H groups in total. The molecule has 1 unspecified atom stereocenters. The summed E-state index contributed by atoms with van der Waals surface area (Å²) in [5, 5.41) is 0. The molecule has 76 valence electrons. The predicted molar refractivity (Wildman–Crippen MR) is 48.0 cm³/mol. The van der Waals surface area contributed by atoms with Crippen LogP contribution in [0.15, 0.2) is 0 Å². The molecule has 1 heterocycles. The summed E-state index contributed by atoms with van der Waals surface area (Å²) in [6.45, 7) is 3.06. The molecular formula is C9H17NO3. The Morgan fingerprint density at radius 2 is 2.38 bits per heavy atom. The van der Waals surface area contributed by atoms with Gasteiger partial charge in [0.2, 0.25) is 5.79 Å². The highest BCUT2D eigenvalue weighted by Gasteiger charge is 2.40. The van der Waals surface area contributed by atoms with Crippen LogP contribution in [0.3, 0.4) is 0 Å². The minimum absolute atomic E-state index is 0.499. The Morgan fingerprint density at radius 1 is 1.62 bits per heavy atom. The maximum absolute atomic E-state index is 11.2. The summed E-state index contributed by atoms with van der Waals surface area (Å²) in [7, 11) is 0. The second kappa shape index (κ2) is 4.58. The Kier molecular flexibility index (Phi) is 3.69. The third kappa shape index (κ3) is 2.42. The van der Waals surface area contributed by atoms with E-state index in [1.807, 2.05) is 6.92 Å². The molecule has 1 saturated heterocycles. The SMILES string of the molecule is CCCOC1(C(N)=O)CCCCO1. The molecule has 0 radical (unpaired) electrons. The zero-order valence-corrected chi connectivity index (χ0v) is 8.04. The first kappa shape index (κ1) is 10.5. The van der Waals surface area contributed by atoms with Gasteiger partial charge >= 0.3 is 0 Å². The smallest absolute Gasteiger partial charge is 0.277 e. The molecule has 0 spiro atoms. The van der Waals surface area contributed by atoms with Crippen molar-refractivity contribution in [2.75, 3.05) is 13.2 Å². The van der Waals surface area contributed by atoms with Gasteiger partial charge in [0, 0.05) is 6.42 Å². The molecule has 1 aliphatic rings. The van der Waals surface area contributed by atoms with E-state index in [9.17, 15) is 4.79 Å². The van der Waals surface area contributed by atoms with Crippen LogP contribution in [0.2, 0.25) is 0 Å². The average molecular weight is 187 g/mol. The fourth-order valence-electron chi connectivity index (χ4n) is 1.42. The predicted octanol–water partition coefficient (Wildman–Crippen LogP) is 0.795. The summed E-state index contributed by atoms with van der Waals surface area (Å²) in [4.78, 5) is 11.2. The van der Waals surface area contributed by atoms with Crippen molar-refractivity contribution in [2.24, 2.45) is 5.73 Å². The van der Waals surface area contributed by atoms with Gasteiger partial charge in [-0.1, -0.05) is 6.92 Å². The number of rotatable bonds is 4. The summed E-state index contributed by atoms with van der Waals surface area (Å²) < 4.78 is 10.7. The van der Waals surface area contributed by atoms with E-state index in [4.69, 9.17) is 15.2 Å². The first-order chi connectivity index (χ1) is 6.21. The summed E-state index contributed by atoms with van der Waals surface area (Å²) >= 11 is 0. The Labute approximate surface area is 78.4 Å². The topological polar surface area (TPSA) is 61.5 Å². The zero-order valence-electron chi connectivity index (χ0n) is 8.04. The van der Waals surface area contributed by atoms with Crippen LogP contribution >= 0.6 is 0 Å². The largest absolute Gasteiger partial charge is 0.365 e. The molecule has 0 aromatic carbocycles. The van der Waals surface area contributed by atoms with E-state index in [1.54, 1.807) is 0 Å². The summed E-state index contributed by atoms with van der Waals surface area (Å²) in [5.41, 5.74) is 5.25. The molecule has 0 aliphatic carbocycles. The molecule has 0 aromatic heterocycles. The van der Waals surface area contributed by atoms with Crippen molar-refractivity contribution in [3.05, 3.63) is 0 Å². The lowest BCUT2D eigenvalue weighted by atomic mass is 10.1. The molecule has 1 rings (SSSR count). The van der Waals surface area contributed by atoms with Crippen molar-refractivity contribution in [3.63, 3.8) is 0 Å². The highest BCUT2D eigenvalue weighted by Crippen LogP contribution is 2.26. The maximum Gasteiger partial charge on any atom is 0.277 e. The van der Waals surface area contributed by atoms with Gasteiger partial charge in [-0.2, -0.15) is 0 Å². The Balaban J connectivity index is 2.56. The molecule has 1 aliphatic heterocycles. The number of hydrogen-bond acceptors (Lipinski definition) is 3. The Bertz CT molecular complexity index is 176. The van der Waals surface area contributed by atoms with Crippen LogP contribution in [0.5, 0.6) is 0 Å². The van der Waals surface area contributed by atoms with Gasteiger partial charge < -0.3 is 15.2 Å². The van der Waals surface area contributed by atoms with Crippen molar-refractivity contribution < 1.29 is 14.3 Å². The third-order valence-electron chi connectivity index (χ3n) is 2.15. The number of carbonyl (C=O) groups excluding carboxylic acids is 1. The minimum atomic E-state index is -1.13. The Hall–Kier alpha value is -0.610. The van der Waals surface area contributed by atoms with E-state index < -0.39 is 11.7 Å². The van der Waals surface area contributed by atoms with Crippen LogP contribution in [0, 0.1) is 0 Å². The monoisotopic (exact) mass is 187 g/mol. The highest BCUT2D eigenvalue weighted by atomic mass is 16.7. The molecule has 4 heteroatoms. The first-order valence-corrected chi connectivity index (χ1v) is 4.79. The van der Waals surface area contributed by atoms with E-state index >= 15 is 0 Å². The van der Waals surface area contributed by atoms with Gasteiger partial charge in [-0.15, -0.1) is 0 Å². The van der Waals surface area contributed by atoms with Gasteiger partial charge in [0.25, 0.3) is 5.91 Å². The van der Waals surface area contributed by atoms with Crippen LogP contribution in [0.25, 0.3) is 0 Å². The average Bonchev–Trinajstić information content (AvgIpc) is 2.16. The lowest BCUT2D eigenvalue weighted by molar-refractivity contribution is -0.242. The number of primary amides is 1. The first-order valence-electron chi connectivity index (χ1n) is 4.79. The number of nitrogens with two attached hydrogens (primary N) is 1. The minimum Gasteiger partial charge on any atom is -0.365 e. The van der Waals surface area contributed by atoms with Crippen molar-refractivity contribution in [1.82, 2.24) is 0 Å². The second-order valence-electron chi connectivity index (χ2n) is 3.27. The Morgan fingerprint density at radius 3 is 2.85 bits per heavy atom. The van der Waals surface area contributed by atoms with E-state index in [2.05, 4.69) is 0 Å². The van der Waals surface area contributed by atoms with Crippen LogP contribution in [0.1, 0.15) is 32.6 Å². The van der Waals surface area contributed by atoms with Gasteiger partial charge in [-0.3, -0.25) is 4.79 Å². The summed E-state index contributed by atoms with van der Waals surface area (Å²) in [6.07, 6.45) is 3.36. The molecule has 1 fully saturated rings. The fourth-order valence-corrected chi connectivity index (χ4v) is 1.42. The number of carbonyl (C=O) groups is 1. The standard InChI is InChI=1S/C9H17NO3/c1-2-6-12-9(8(10)11)5-3-4-7-13-9/h2-7H2,1H3,(H2,10,11). The van der Waals surface area contributed by atoms with Crippen molar-refractivity contribution in [2.45, 2.75) is 38.4 Å². The van der Waals surface area contributed by atoms with Crippen LogP contribution in [-0.4, -0.2) is 24.9 Å². The van der Waals surface area contributed by atoms with Crippen LogP contribution < -0.4 is 5.73 Å². The maximum atomic E-state index is 11.2. The molecular weight excluding hydrogens is 170 g/mol. The van der Waals surface area contributed by atoms with Crippen molar-refractivity contribution >= 4 is 5.91 Å². The normalized spacial score (nSPS) is 28.7. The quantitative estimate of drug-likeness (QED) is 0.708. The lowest BCUT2D eigenvalue weighted by Crippen LogP contribution is -2.50. The highest BCUT2D eigenvalue weighted by molar-refractivity contribution is 5.81. The third-order valence-corrected chi connectivity index (χ3v) is 2.15. The van der Waals surface area contributed by atoms with E-state index in [0.717, 1.165) is 19.3 Å². The number of ether oxygens (including phenoxy) is 2. The van der Waals surface area contributed by atoms with Gasteiger partial charge in [0.05, 0.1) is 13.2 Å². The van der Waals surface area contributed by atoms with Gasteiger partial charge in [-0.25, -0.2) is 0 Å². The number of amides is 1. The van der Waals surface area contributed by atoms with Gasteiger partial charge in [0.1, 0.15) is 0 Å². The number of hydrogen-bond donors (Lipinski definition) is 1. The molecule has 1 amide bonds. The molecule has 0 aromatic rings. The second-order valence-corrected chi connectivity index (χ2v) is 3.27.